The van der Waals surface area contributed by atoms with E-state index >= 15 is 0 Å². The van der Waals surface area contributed by atoms with Gasteiger partial charge in [-0.2, -0.15) is 0 Å². The summed E-state index contributed by atoms with van der Waals surface area (Å²) in [4.78, 5) is 25.4. The maximum Gasteiger partial charge on any atom is 0.329 e. The van der Waals surface area contributed by atoms with Gasteiger partial charge < -0.3 is 5.32 Å². The zero-order valence-electron chi connectivity index (χ0n) is 12.2. The summed E-state index contributed by atoms with van der Waals surface area (Å²) >= 11 is 11.9. The van der Waals surface area contributed by atoms with E-state index in [-0.39, 0.29) is 17.8 Å². The lowest BCUT2D eigenvalue weighted by Gasteiger charge is -2.12. The van der Waals surface area contributed by atoms with Gasteiger partial charge in [0, 0.05) is 15.6 Å². The average molecular weight is 365 g/mol. The smallest absolute Gasteiger partial charge is 0.303 e. The van der Waals surface area contributed by atoms with E-state index in [1.807, 2.05) is 0 Å². The number of nitrogens with one attached hydrogen (secondary N) is 1. The molecule has 1 fully saturated rings. The predicted molar refractivity (Wildman–Crippen MR) is 89.9 cm³/mol. The monoisotopic (exact) mass is 364 g/mol. The Morgan fingerprint density at radius 3 is 2.58 bits per heavy atom. The number of halogens is 3. The Bertz CT molecular complexity index is 867. The van der Waals surface area contributed by atoms with Crippen molar-refractivity contribution >= 4 is 41.2 Å². The third-order valence-electron chi connectivity index (χ3n) is 3.51. The van der Waals surface area contributed by atoms with Crippen LogP contribution in [0.5, 0.6) is 0 Å². The Kier molecular flexibility index (Phi) is 4.55. The average Bonchev–Trinajstić information content (AvgIpc) is 2.79. The fourth-order valence-electron chi connectivity index (χ4n) is 2.29. The Balaban J connectivity index is 1.86. The summed E-state index contributed by atoms with van der Waals surface area (Å²) in [5, 5.41) is 3.28. The molecule has 3 amide bonds. The number of benzene rings is 2. The van der Waals surface area contributed by atoms with Crippen molar-refractivity contribution < 1.29 is 14.0 Å². The second-order valence-electron chi connectivity index (χ2n) is 5.14. The van der Waals surface area contributed by atoms with Crippen LogP contribution in [0, 0.1) is 5.82 Å². The molecule has 1 aliphatic heterocycles. The number of imide groups is 1. The molecule has 4 nitrogen and oxygen atoms in total. The van der Waals surface area contributed by atoms with Gasteiger partial charge in [-0.1, -0.05) is 47.5 Å². The Hall–Kier alpha value is -2.37. The van der Waals surface area contributed by atoms with Crippen molar-refractivity contribution in [2.24, 2.45) is 0 Å². The first-order valence-corrected chi connectivity index (χ1v) is 7.74. The minimum absolute atomic E-state index is 0.0700. The van der Waals surface area contributed by atoms with E-state index in [0.29, 0.717) is 15.6 Å². The van der Waals surface area contributed by atoms with E-state index in [4.69, 9.17) is 23.2 Å². The fraction of sp³-hybridized carbons (Fsp3) is 0.0588. The molecule has 1 saturated heterocycles. The van der Waals surface area contributed by atoms with Gasteiger partial charge in [-0.25, -0.2) is 9.18 Å². The van der Waals surface area contributed by atoms with Crippen molar-refractivity contribution in [1.29, 1.82) is 0 Å². The molecule has 0 radical (unpaired) electrons. The molecule has 2 aromatic rings. The van der Waals surface area contributed by atoms with Crippen molar-refractivity contribution in [3.05, 3.63) is 75.2 Å². The van der Waals surface area contributed by atoms with Crippen LogP contribution < -0.4 is 5.32 Å². The molecule has 24 heavy (non-hydrogen) atoms. The van der Waals surface area contributed by atoms with Crippen LogP contribution in [-0.4, -0.2) is 16.8 Å². The molecule has 1 aliphatic rings. The zero-order chi connectivity index (χ0) is 17.3. The summed E-state index contributed by atoms with van der Waals surface area (Å²) in [5.74, 6) is -1.02. The number of hydrogen-bond donors (Lipinski definition) is 1. The molecular formula is C17H11Cl2FN2O2. The third kappa shape index (κ3) is 3.27. The highest BCUT2D eigenvalue weighted by Crippen LogP contribution is 2.24. The maximum atomic E-state index is 13.7. The van der Waals surface area contributed by atoms with Crippen LogP contribution >= 0.6 is 23.2 Å². The van der Waals surface area contributed by atoms with Gasteiger partial charge >= 0.3 is 6.03 Å². The normalized spacial score (nSPS) is 16.0. The van der Waals surface area contributed by atoms with Gasteiger partial charge in [0.25, 0.3) is 5.91 Å². The number of rotatable bonds is 3. The van der Waals surface area contributed by atoms with Gasteiger partial charge in [-0.15, -0.1) is 0 Å². The number of nitrogens with zero attached hydrogens (tertiary/aromatic N) is 1. The molecule has 3 rings (SSSR count). The largest absolute Gasteiger partial charge is 0.329 e. The molecular weight excluding hydrogens is 354 g/mol. The van der Waals surface area contributed by atoms with E-state index in [9.17, 15) is 14.0 Å². The highest BCUT2D eigenvalue weighted by molar-refractivity contribution is 6.35. The molecule has 0 bridgehead atoms. The van der Waals surface area contributed by atoms with Gasteiger partial charge in [0.2, 0.25) is 0 Å². The minimum Gasteiger partial charge on any atom is -0.303 e. The van der Waals surface area contributed by atoms with Crippen LogP contribution in [0.1, 0.15) is 11.1 Å². The summed E-state index contributed by atoms with van der Waals surface area (Å²) in [6.45, 7) is -0.150. The van der Waals surface area contributed by atoms with E-state index in [2.05, 4.69) is 5.32 Å². The minimum atomic E-state index is -0.611. The molecule has 0 saturated carbocycles. The van der Waals surface area contributed by atoms with E-state index in [1.165, 1.54) is 24.3 Å². The molecule has 0 unspecified atom stereocenters. The SMILES string of the molecule is O=C1NC(=Cc2ccc(Cl)cc2Cl)C(=O)N1Cc1ccccc1F. The second kappa shape index (κ2) is 6.63. The summed E-state index contributed by atoms with van der Waals surface area (Å²) in [7, 11) is 0. The van der Waals surface area contributed by atoms with Crippen molar-refractivity contribution in [1.82, 2.24) is 10.2 Å². The molecule has 0 aliphatic carbocycles. The first-order chi connectivity index (χ1) is 11.5. The van der Waals surface area contributed by atoms with Gasteiger partial charge in [0.1, 0.15) is 11.5 Å². The molecule has 122 valence electrons. The maximum absolute atomic E-state index is 13.7. The lowest BCUT2D eigenvalue weighted by Crippen LogP contribution is -2.30. The van der Waals surface area contributed by atoms with Crippen LogP contribution in [0.2, 0.25) is 10.0 Å². The molecule has 0 spiro atoms. The van der Waals surface area contributed by atoms with Gasteiger partial charge in [-0.05, 0) is 29.8 Å². The lowest BCUT2D eigenvalue weighted by molar-refractivity contribution is -0.123. The molecule has 2 aromatic carbocycles. The standard InChI is InChI=1S/C17H11Cl2FN2O2/c18-12-6-5-10(13(19)8-12)7-15-16(23)22(17(24)21-15)9-11-3-1-2-4-14(11)20/h1-8H,9H2,(H,21,24). The second-order valence-corrected chi connectivity index (χ2v) is 5.98. The number of carbonyl (C=O) groups is 2. The van der Waals surface area contributed by atoms with E-state index in [0.717, 1.165) is 4.90 Å². The third-order valence-corrected chi connectivity index (χ3v) is 4.07. The summed E-state index contributed by atoms with van der Waals surface area (Å²) < 4.78 is 13.7. The number of amides is 3. The van der Waals surface area contributed by atoms with Crippen LogP contribution in [0.4, 0.5) is 9.18 Å². The number of hydrogen-bond acceptors (Lipinski definition) is 2. The molecule has 1 heterocycles. The highest BCUT2D eigenvalue weighted by Gasteiger charge is 2.34. The molecule has 7 heteroatoms. The lowest BCUT2D eigenvalue weighted by atomic mass is 10.1. The summed E-state index contributed by atoms with van der Waals surface area (Å²) in [5.41, 5.74) is 0.866. The van der Waals surface area contributed by atoms with E-state index in [1.54, 1.807) is 24.3 Å². The zero-order valence-corrected chi connectivity index (χ0v) is 13.7. The predicted octanol–water partition coefficient (Wildman–Crippen LogP) is 4.23. The van der Waals surface area contributed by atoms with Crippen molar-refractivity contribution in [3.8, 4) is 0 Å². The highest BCUT2D eigenvalue weighted by atomic mass is 35.5. The van der Waals surface area contributed by atoms with Crippen LogP contribution in [0.25, 0.3) is 6.08 Å². The fourth-order valence-corrected chi connectivity index (χ4v) is 2.75. The van der Waals surface area contributed by atoms with Gasteiger partial charge in [0.05, 0.1) is 6.54 Å². The topological polar surface area (TPSA) is 49.4 Å². The van der Waals surface area contributed by atoms with Crippen LogP contribution in [-0.2, 0) is 11.3 Å². The van der Waals surface area contributed by atoms with Crippen LogP contribution in [0.3, 0.4) is 0 Å². The van der Waals surface area contributed by atoms with Gasteiger partial charge in [-0.3, -0.25) is 9.69 Å². The van der Waals surface area contributed by atoms with Crippen molar-refractivity contribution in [3.63, 3.8) is 0 Å². The van der Waals surface area contributed by atoms with Crippen molar-refractivity contribution in [2.75, 3.05) is 0 Å². The van der Waals surface area contributed by atoms with E-state index < -0.39 is 17.8 Å². The Morgan fingerprint density at radius 2 is 1.88 bits per heavy atom. The Labute approximate surface area is 147 Å². The number of urea groups is 1. The van der Waals surface area contributed by atoms with Crippen molar-refractivity contribution in [2.45, 2.75) is 6.54 Å². The summed E-state index contributed by atoms with van der Waals surface area (Å²) in [6.07, 6.45) is 1.46. The molecule has 0 atom stereocenters. The van der Waals surface area contributed by atoms with Gasteiger partial charge in [0.15, 0.2) is 0 Å². The van der Waals surface area contributed by atoms with Crippen LogP contribution in [0.15, 0.2) is 48.2 Å². The number of carbonyl (C=O) groups excluding carboxylic acids is 2. The summed E-state index contributed by atoms with van der Waals surface area (Å²) in [6, 6.07) is 10.2. The first-order valence-electron chi connectivity index (χ1n) is 6.98. The first kappa shape index (κ1) is 16.5. The quantitative estimate of drug-likeness (QED) is 0.654. The molecule has 1 N–H and O–H groups in total. The Morgan fingerprint density at radius 1 is 1.12 bits per heavy atom. The molecule has 0 aromatic heterocycles.